The second-order valence-electron chi connectivity index (χ2n) is 5.94. The molecule has 3 nitrogen and oxygen atoms in total. The lowest BCUT2D eigenvalue weighted by Gasteiger charge is -2.08. The normalized spacial score (nSPS) is 11.6. The molecule has 8 heteroatoms. The number of rotatable bonds is 5. The maximum Gasteiger partial charge on any atom is 0.416 e. The molecule has 3 rings (SSSR count). The van der Waals surface area contributed by atoms with Crippen LogP contribution in [0.15, 0.2) is 54.7 Å². The highest BCUT2D eigenvalue weighted by atomic mass is 35.5. The van der Waals surface area contributed by atoms with Crippen molar-refractivity contribution in [2.24, 2.45) is 0 Å². The number of nitrogens with zero attached hydrogens (tertiary/aromatic N) is 1. The maximum absolute atomic E-state index is 12.8. The Morgan fingerprint density at radius 2 is 1.85 bits per heavy atom. The first-order chi connectivity index (χ1) is 12.7. The summed E-state index contributed by atoms with van der Waals surface area (Å²) >= 11 is 6.94. The standard InChI is InChI=1S/C19H14ClF3N2OS/c20-15-6-4-13(5-7-15)17(26)11-25-10-16(27-18(25)24)9-12-2-1-3-14(8-12)19(21,22)23/h1-8,10,24H,9,11H2. The van der Waals surface area contributed by atoms with Crippen molar-refractivity contribution in [3.05, 3.63) is 86.1 Å². The number of Topliss-reactive ketones (excluding diaryl/α,β-unsaturated/α-hetero) is 1. The molecule has 0 bridgehead atoms. The molecule has 0 aliphatic heterocycles. The summed E-state index contributed by atoms with van der Waals surface area (Å²) in [5.41, 5.74) is 0.285. The molecule has 1 aromatic heterocycles. The first kappa shape index (κ1) is 19.4. The van der Waals surface area contributed by atoms with Crippen molar-refractivity contribution < 1.29 is 18.0 Å². The maximum atomic E-state index is 12.8. The molecular formula is C19H14ClF3N2OS. The van der Waals surface area contributed by atoms with E-state index in [9.17, 15) is 18.0 Å². The number of halogens is 4. The molecule has 0 aliphatic carbocycles. The molecule has 1 heterocycles. The van der Waals surface area contributed by atoms with Crippen LogP contribution in [0.1, 0.15) is 26.4 Å². The van der Waals surface area contributed by atoms with Gasteiger partial charge in [0.2, 0.25) is 0 Å². The molecular weight excluding hydrogens is 397 g/mol. The van der Waals surface area contributed by atoms with Crippen LogP contribution in [0.3, 0.4) is 0 Å². The number of hydrogen-bond donors (Lipinski definition) is 1. The van der Waals surface area contributed by atoms with E-state index in [1.807, 2.05) is 0 Å². The third kappa shape index (κ3) is 4.87. The summed E-state index contributed by atoms with van der Waals surface area (Å²) < 4.78 is 40.0. The fourth-order valence-corrected chi connectivity index (χ4v) is 3.61. The average molecular weight is 411 g/mol. The number of hydrogen-bond acceptors (Lipinski definition) is 3. The highest BCUT2D eigenvalue weighted by Gasteiger charge is 2.30. The summed E-state index contributed by atoms with van der Waals surface area (Å²) in [5, 5.41) is 8.54. The molecule has 0 aliphatic rings. The van der Waals surface area contributed by atoms with E-state index in [-0.39, 0.29) is 23.6 Å². The van der Waals surface area contributed by atoms with Crippen LogP contribution in [0, 0.1) is 5.41 Å². The minimum atomic E-state index is -4.39. The molecule has 140 valence electrons. The van der Waals surface area contributed by atoms with Crippen molar-refractivity contribution >= 4 is 28.7 Å². The number of carbonyl (C=O) groups is 1. The summed E-state index contributed by atoms with van der Waals surface area (Å²) in [6.07, 6.45) is -2.49. The lowest BCUT2D eigenvalue weighted by Crippen LogP contribution is -2.18. The van der Waals surface area contributed by atoms with Crippen LogP contribution in [-0.2, 0) is 19.1 Å². The zero-order valence-electron chi connectivity index (χ0n) is 13.9. The van der Waals surface area contributed by atoms with Crippen LogP contribution in [0.2, 0.25) is 5.02 Å². The SMILES string of the molecule is N=c1sc(Cc2cccc(C(F)(F)F)c2)cn1CC(=O)c1ccc(Cl)cc1. The van der Waals surface area contributed by atoms with E-state index in [1.165, 1.54) is 10.6 Å². The predicted octanol–water partition coefficient (Wildman–Crippen LogP) is 5.17. The zero-order valence-corrected chi connectivity index (χ0v) is 15.5. The van der Waals surface area contributed by atoms with Gasteiger partial charge in [0.15, 0.2) is 10.6 Å². The quantitative estimate of drug-likeness (QED) is 0.579. The predicted molar refractivity (Wildman–Crippen MR) is 98.2 cm³/mol. The van der Waals surface area contributed by atoms with Crippen molar-refractivity contribution in [2.75, 3.05) is 0 Å². The van der Waals surface area contributed by atoms with Crippen molar-refractivity contribution in [3.63, 3.8) is 0 Å². The zero-order chi connectivity index (χ0) is 19.6. The number of aromatic nitrogens is 1. The Hall–Kier alpha value is -2.38. The summed E-state index contributed by atoms with van der Waals surface area (Å²) in [4.78, 5) is 13.2. The van der Waals surface area contributed by atoms with Crippen molar-refractivity contribution in [2.45, 2.75) is 19.1 Å². The van der Waals surface area contributed by atoms with Gasteiger partial charge < -0.3 is 4.57 Å². The van der Waals surface area contributed by atoms with Gasteiger partial charge >= 0.3 is 6.18 Å². The van der Waals surface area contributed by atoms with E-state index in [2.05, 4.69) is 0 Å². The van der Waals surface area contributed by atoms with Crippen molar-refractivity contribution in [1.29, 1.82) is 5.41 Å². The molecule has 0 saturated carbocycles. The summed E-state index contributed by atoms with van der Waals surface area (Å²) in [5.74, 6) is -0.173. The van der Waals surface area contributed by atoms with Gasteiger partial charge in [-0.3, -0.25) is 10.2 Å². The Kier molecular flexibility index (Phi) is 5.53. The smallest absolute Gasteiger partial charge is 0.316 e. The summed E-state index contributed by atoms with van der Waals surface area (Å²) in [6, 6.07) is 11.6. The first-order valence-corrected chi connectivity index (χ1v) is 9.10. The fraction of sp³-hybridized carbons (Fsp3) is 0.158. The van der Waals surface area contributed by atoms with Gasteiger partial charge in [0.1, 0.15) is 0 Å². The molecule has 27 heavy (non-hydrogen) atoms. The molecule has 0 saturated heterocycles. The molecule has 3 aromatic rings. The van der Waals surface area contributed by atoms with Crippen molar-refractivity contribution in [1.82, 2.24) is 4.57 Å². The topological polar surface area (TPSA) is 45.9 Å². The Morgan fingerprint density at radius 3 is 2.52 bits per heavy atom. The highest BCUT2D eigenvalue weighted by molar-refractivity contribution is 7.09. The van der Waals surface area contributed by atoms with Gasteiger partial charge in [-0.1, -0.05) is 29.8 Å². The van der Waals surface area contributed by atoms with E-state index in [1.54, 1.807) is 36.5 Å². The van der Waals surface area contributed by atoms with Gasteiger partial charge in [0.05, 0.1) is 12.1 Å². The van der Waals surface area contributed by atoms with Crippen LogP contribution in [-0.4, -0.2) is 10.4 Å². The van der Waals surface area contributed by atoms with Gasteiger partial charge in [0.25, 0.3) is 0 Å². The molecule has 0 fully saturated rings. The van der Waals surface area contributed by atoms with Crippen LogP contribution >= 0.6 is 22.9 Å². The molecule has 2 aromatic carbocycles. The second kappa shape index (κ2) is 7.70. The largest absolute Gasteiger partial charge is 0.416 e. The first-order valence-electron chi connectivity index (χ1n) is 7.91. The molecule has 0 radical (unpaired) electrons. The van der Waals surface area contributed by atoms with Crippen LogP contribution < -0.4 is 4.80 Å². The van der Waals surface area contributed by atoms with E-state index >= 15 is 0 Å². The van der Waals surface area contributed by atoms with E-state index in [4.69, 9.17) is 17.0 Å². The number of carbonyl (C=O) groups excluding carboxylic acids is 1. The van der Waals surface area contributed by atoms with Gasteiger partial charge in [-0.15, -0.1) is 11.3 Å². The third-order valence-corrected chi connectivity index (χ3v) is 5.09. The molecule has 1 N–H and O–H groups in total. The lowest BCUT2D eigenvalue weighted by molar-refractivity contribution is -0.137. The van der Waals surface area contributed by atoms with Crippen LogP contribution in [0.5, 0.6) is 0 Å². The van der Waals surface area contributed by atoms with Gasteiger partial charge in [-0.05, 0) is 35.9 Å². The number of thiazole rings is 1. The van der Waals surface area contributed by atoms with Crippen molar-refractivity contribution in [3.8, 4) is 0 Å². The summed E-state index contributed by atoms with van der Waals surface area (Å²) in [7, 11) is 0. The third-order valence-electron chi connectivity index (χ3n) is 3.90. The van der Waals surface area contributed by atoms with Crippen LogP contribution in [0.25, 0.3) is 0 Å². The van der Waals surface area contributed by atoms with Gasteiger partial charge in [-0.2, -0.15) is 13.2 Å². The Bertz CT molecular complexity index is 1020. The highest BCUT2D eigenvalue weighted by Crippen LogP contribution is 2.30. The molecule has 0 spiro atoms. The molecule has 0 unspecified atom stereocenters. The lowest BCUT2D eigenvalue weighted by atomic mass is 10.1. The Balaban J connectivity index is 1.76. The number of benzene rings is 2. The number of ketones is 1. The average Bonchev–Trinajstić information content (AvgIpc) is 2.94. The summed E-state index contributed by atoms with van der Waals surface area (Å²) in [6.45, 7) is -0.0143. The fourth-order valence-electron chi connectivity index (χ4n) is 2.58. The van der Waals surface area contributed by atoms with E-state index in [0.29, 0.717) is 21.0 Å². The monoisotopic (exact) mass is 410 g/mol. The minimum Gasteiger partial charge on any atom is -0.316 e. The van der Waals surface area contributed by atoms with Crippen LogP contribution in [0.4, 0.5) is 13.2 Å². The minimum absolute atomic E-state index is 0.0143. The van der Waals surface area contributed by atoms with Gasteiger partial charge in [-0.25, -0.2) is 0 Å². The van der Waals surface area contributed by atoms with Gasteiger partial charge in [0, 0.05) is 28.1 Å². The molecule has 0 atom stereocenters. The Labute approximate surface area is 162 Å². The van der Waals surface area contributed by atoms with E-state index in [0.717, 1.165) is 23.5 Å². The number of nitrogens with one attached hydrogen (secondary N) is 1. The molecule has 0 amide bonds. The number of alkyl halides is 3. The van der Waals surface area contributed by atoms with E-state index < -0.39 is 11.7 Å². The Morgan fingerprint density at radius 1 is 1.15 bits per heavy atom. The second-order valence-corrected chi connectivity index (χ2v) is 7.49.